The number of carbonyl (C=O) groups is 1. The molecule has 2 N–H and O–H groups in total. The number of urea groups is 1. The number of nitrogens with zero attached hydrogens (tertiary/aromatic N) is 1. The van der Waals surface area contributed by atoms with Crippen molar-refractivity contribution >= 4 is 38.6 Å². The summed E-state index contributed by atoms with van der Waals surface area (Å²) in [5.41, 5.74) is 1.57. The Labute approximate surface area is 101 Å². The predicted molar refractivity (Wildman–Crippen MR) is 67.5 cm³/mol. The second kappa shape index (κ2) is 4.49. The molecule has 0 spiro atoms. The molecule has 0 fully saturated rings. The highest BCUT2D eigenvalue weighted by atomic mass is 79.9. The van der Waals surface area contributed by atoms with Gasteiger partial charge in [-0.05, 0) is 40.2 Å². The Morgan fingerprint density at radius 3 is 2.94 bits per heavy atom. The molecule has 0 radical (unpaired) electrons. The average molecular weight is 280 g/mol. The third kappa shape index (κ3) is 1.99. The minimum atomic E-state index is -0.243. The fraction of sp³-hybridized carbons (Fsp3) is 0.0909. The summed E-state index contributed by atoms with van der Waals surface area (Å²) in [5.74, 6) is 0. The molecule has 0 aliphatic heterocycles. The molecule has 0 atom stereocenters. The molecule has 1 heterocycles. The first-order valence-electron chi connectivity index (χ1n) is 4.74. The van der Waals surface area contributed by atoms with E-state index in [2.05, 4.69) is 31.5 Å². The van der Waals surface area contributed by atoms with E-state index >= 15 is 0 Å². The van der Waals surface area contributed by atoms with E-state index in [0.717, 1.165) is 21.1 Å². The summed E-state index contributed by atoms with van der Waals surface area (Å²) in [6, 6.07) is 7.21. The molecule has 0 unspecified atom stereocenters. The van der Waals surface area contributed by atoms with E-state index in [4.69, 9.17) is 0 Å². The highest BCUT2D eigenvalue weighted by Gasteiger charge is 2.06. The first-order valence-corrected chi connectivity index (χ1v) is 5.53. The van der Waals surface area contributed by atoms with Gasteiger partial charge in [0.15, 0.2) is 0 Å². The van der Waals surface area contributed by atoms with Gasteiger partial charge < -0.3 is 10.6 Å². The van der Waals surface area contributed by atoms with Crippen LogP contribution < -0.4 is 10.6 Å². The third-order valence-corrected chi connectivity index (χ3v) is 2.84. The van der Waals surface area contributed by atoms with Crippen LogP contribution in [0.25, 0.3) is 10.9 Å². The zero-order valence-electron chi connectivity index (χ0n) is 8.62. The van der Waals surface area contributed by atoms with Crippen LogP contribution in [0.3, 0.4) is 0 Å². The molecule has 5 heteroatoms. The van der Waals surface area contributed by atoms with Crippen molar-refractivity contribution in [2.45, 2.75) is 0 Å². The van der Waals surface area contributed by atoms with Crippen LogP contribution in [-0.2, 0) is 0 Å². The van der Waals surface area contributed by atoms with E-state index in [9.17, 15) is 4.79 Å². The topological polar surface area (TPSA) is 54.0 Å². The highest BCUT2D eigenvalue weighted by molar-refractivity contribution is 9.10. The maximum absolute atomic E-state index is 11.3. The molecule has 1 aromatic carbocycles. The largest absolute Gasteiger partial charge is 0.341 e. The van der Waals surface area contributed by atoms with E-state index in [-0.39, 0.29) is 6.03 Å². The Bertz CT molecular complexity index is 542. The lowest BCUT2D eigenvalue weighted by Gasteiger charge is -2.08. The second-order valence-electron chi connectivity index (χ2n) is 3.20. The van der Waals surface area contributed by atoms with Crippen molar-refractivity contribution in [1.82, 2.24) is 10.3 Å². The zero-order chi connectivity index (χ0) is 11.5. The number of anilines is 1. The first-order chi connectivity index (χ1) is 7.72. The van der Waals surface area contributed by atoms with Crippen molar-refractivity contribution in [2.24, 2.45) is 0 Å². The number of benzene rings is 1. The predicted octanol–water partition coefficient (Wildman–Crippen LogP) is 2.75. The lowest BCUT2D eigenvalue weighted by molar-refractivity contribution is 0.254. The van der Waals surface area contributed by atoms with Gasteiger partial charge in [0.25, 0.3) is 0 Å². The molecule has 2 rings (SSSR count). The molecule has 0 aliphatic rings. The number of carbonyl (C=O) groups excluding carboxylic acids is 1. The summed E-state index contributed by atoms with van der Waals surface area (Å²) >= 11 is 3.42. The van der Waals surface area contributed by atoms with Gasteiger partial charge >= 0.3 is 6.03 Å². The molecule has 0 saturated carbocycles. The Hall–Kier alpha value is -1.62. The summed E-state index contributed by atoms with van der Waals surface area (Å²) in [7, 11) is 1.58. The Morgan fingerprint density at radius 2 is 2.19 bits per heavy atom. The van der Waals surface area contributed by atoms with Gasteiger partial charge in [0, 0.05) is 23.1 Å². The minimum Gasteiger partial charge on any atom is -0.341 e. The number of nitrogens with one attached hydrogen (secondary N) is 2. The molecule has 82 valence electrons. The number of pyridine rings is 1. The number of amides is 2. The Kier molecular flexibility index (Phi) is 3.05. The molecule has 16 heavy (non-hydrogen) atoms. The highest BCUT2D eigenvalue weighted by Crippen LogP contribution is 2.28. The molecule has 2 aromatic rings. The van der Waals surface area contributed by atoms with Crippen molar-refractivity contribution in [1.29, 1.82) is 0 Å². The smallest absolute Gasteiger partial charge is 0.318 e. The second-order valence-corrected chi connectivity index (χ2v) is 4.05. The Morgan fingerprint density at radius 1 is 1.38 bits per heavy atom. The van der Waals surface area contributed by atoms with Crippen LogP contribution in [0, 0.1) is 0 Å². The summed E-state index contributed by atoms with van der Waals surface area (Å²) in [5, 5.41) is 6.16. The summed E-state index contributed by atoms with van der Waals surface area (Å²) in [6.45, 7) is 0. The number of fused-ring (bicyclic) bond motifs is 1. The van der Waals surface area contributed by atoms with Gasteiger partial charge in [0.05, 0.1) is 11.2 Å². The van der Waals surface area contributed by atoms with Gasteiger partial charge in [-0.2, -0.15) is 0 Å². The van der Waals surface area contributed by atoms with E-state index in [0.29, 0.717) is 0 Å². The van der Waals surface area contributed by atoms with Gasteiger partial charge in [-0.15, -0.1) is 0 Å². The average Bonchev–Trinajstić information content (AvgIpc) is 2.33. The van der Waals surface area contributed by atoms with E-state index < -0.39 is 0 Å². The SMILES string of the molecule is CNC(=O)Nc1ccc(Br)c2ncccc12. The summed E-state index contributed by atoms with van der Waals surface area (Å²) in [4.78, 5) is 15.5. The number of aromatic nitrogens is 1. The van der Waals surface area contributed by atoms with Crippen molar-refractivity contribution in [2.75, 3.05) is 12.4 Å². The monoisotopic (exact) mass is 279 g/mol. The normalized spacial score (nSPS) is 10.1. The van der Waals surface area contributed by atoms with Gasteiger partial charge in [-0.1, -0.05) is 0 Å². The summed E-state index contributed by atoms with van der Waals surface area (Å²) in [6.07, 6.45) is 1.72. The number of halogens is 1. The van der Waals surface area contributed by atoms with Crippen LogP contribution in [-0.4, -0.2) is 18.1 Å². The van der Waals surface area contributed by atoms with Gasteiger partial charge in [0.2, 0.25) is 0 Å². The fourth-order valence-corrected chi connectivity index (χ4v) is 1.88. The van der Waals surface area contributed by atoms with Crippen molar-refractivity contribution in [3.05, 3.63) is 34.9 Å². The fourth-order valence-electron chi connectivity index (χ4n) is 1.43. The van der Waals surface area contributed by atoms with E-state index in [1.165, 1.54) is 0 Å². The van der Waals surface area contributed by atoms with Crippen molar-refractivity contribution in [3.63, 3.8) is 0 Å². The van der Waals surface area contributed by atoms with Crippen LogP contribution in [0.15, 0.2) is 34.9 Å². The number of rotatable bonds is 1. The minimum absolute atomic E-state index is 0.243. The standard InChI is InChI=1S/C11H10BrN3O/c1-13-11(16)15-9-5-4-8(12)10-7(9)3-2-6-14-10/h2-6H,1H3,(H2,13,15,16). The van der Waals surface area contributed by atoms with Crippen LogP contribution >= 0.6 is 15.9 Å². The van der Waals surface area contributed by atoms with Crippen LogP contribution in [0.2, 0.25) is 0 Å². The molecule has 4 nitrogen and oxygen atoms in total. The van der Waals surface area contributed by atoms with Crippen molar-refractivity contribution in [3.8, 4) is 0 Å². The van der Waals surface area contributed by atoms with Gasteiger partial charge in [-0.25, -0.2) is 4.79 Å². The molecule has 0 bridgehead atoms. The van der Waals surface area contributed by atoms with Crippen LogP contribution in [0.4, 0.5) is 10.5 Å². The number of hydrogen-bond donors (Lipinski definition) is 2. The maximum atomic E-state index is 11.3. The molecular weight excluding hydrogens is 270 g/mol. The maximum Gasteiger partial charge on any atom is 0.318 e. The first kappa shape index (κ1) is 10.9. The zero-order valence-corrected chi connectivity index (χ0v) is 10.2. The third-order valence-electron chi connectivity index (χ3n) is 2.20. The lowest BCUT2D eigenvalue weighted by atomic mass is 10.2. The van der Waals surface area contributed by atoms with Crippen molar-refractivity contribution < 1.29 is 4.79 Å². The summed E-state index contributed by atoms with van der Waals surface area (Å²) < 4.78 is 0.908. The molecule has 1 aromatic heterocycles. The molecule has 0 aliphatic carbocycles. The molecular formula is C11H10BrN3O. The van der Waals surface area contributed by atoms with Gasteiger partial charge in [0.1, 0.15) is 0 Å². The Balaban J connectivity index is 2.54. The molecule has 2 amide bonds. The van der Waals surface area contributed by atoms with Crippen LogP contribution in [0.1, 0.15) is 0 Å². The number of hydrogen-bond acceptors (Lipinski definition) is 2. The van der Waals surface area contributed by atoms with Gasteiger partial charge in [-0.3, -0.25) is 4.98 Å². The quantitative estimate of drug-likeness (QED) is 0.843. The van der Waals surface area contributed by atoms with Crippen LogP contribution in [0.5, 0.6) is 0 Å². The van der Waals surface area contributed by atoms with E-state index in [1.807, 2.05) is 24.3 Å². The molecule has 0 saturated heterocycles. The van der Waals surface area contributed by atoms with E-state index in [1.54, 1.807) is 13.2 Å². The lowest BCUT2D eigenvalue weighted by Crippen LogP contribution is -2.24.